The fourth-order valence-electron chi connectivity index (χ4n) is 5.39. The third-order valence-electron chi connectivity index (χ3n) is 7.79. The number of rotatable bonds is 7. The fraction of sp³-hybridized carbons (Fsp3) is 0.344. The first-order chi connectivity index (χ1) is 18.9. The molecule has 0 spiro atoms. The molecular weight excluding hydrogens is 491 g/mol. The van der Waals surface area contributed by atoms with Crippen molar-refractivity contribution in [1.29, 1.82) is 0 Å². The SMILES string of the molecule is COc1ccccc1-c1ccc(N2CCN(C)CC2)c(C=CC(=O)c2c(F)cccc2N2CCN(C)CC2)c1. The molecule has 0 amide bonds. The summed E-state index contributed by atoms with van der Waals surface area (Å²) < 4.78 is 20.7. The molecule has 2 saturated heterocycles. The lowest BCUT2D eigenvalue weighted by atomic mass is 9.99. The van der Waals surface area contributed by atoms with E-state index in [1.807, 2.05) is 36.4 Å². The number of allylic oxidation sites excluding steroid dienone is 1. The van der Waals surface area contributed by atoms with E-state index in [4.69, 9.17) is 4.74 Å². The van der Waals surface area contributed by atoms with Crippen LogP contribution >= 0.6 is 0 Å². The highest BCUT2D eigenvalue weighted by Crippen LogP contribution is 2.34. The van der Waals surface area contributed by atoms with Crippen LogP contribution in [-0.4, -0.2) is 89.1 Å². The van der Waals surface area contributed by atoms with E-state index in [1.165, 1.54) is 12.1 Å². The van der Waals surface area contributed by atoms with Gasteiger partial charge in [0.25, 0.3) is 0 Å². The summed E-state index contributed by atoms with van der Waals surface area (Å²) in [7, 11) is 5.88. The molecule has 0 radical (unpaired) electrons. The topological polar surface area (TPSA) is 39.3 Å². The highest BCUT2D eigenvalue weighted by atomic mass is 19.1. The molecule has 3 aromatic carbocycles. The van der Waals surface area contributed by atoms with E-state index in [9.17, 15) is 4.79 Å². The molecule has 5 rings (SSSR count). The van der Waals surface area contributed by atoms with Crippen molar-refractivity contribution in [3.63, 3.8) is 0 Å². The number of carbonyl (C=O) groups is 1. The molecule has 2 aliphatic rings. The van der Waals surface area contributed by atoms with Crippen LogP contribution in [-0.2, 0) is 0 Å². The number of hydrogen-bond donors (Lipinski definition) is 0. The highest BCUT2D eigenvalue weighted by Gasteiger charge is 2.23. The first-order valence-electron chi connectivity index (χ1n) is 13.6. The summed E-state index contributed by atoms with van der Waals surface area (Å²) in [4.78, 5) is 22.6. The molecular formula is C32H37FN4O2. The molecule has 0 saturated carbocycles. The van der Waals surface area contributed by atoms with Gasteiger partial charge in [0, 0.05) is 63.6 Å². The molecule has 2 heterocycles. The number of nitrogens with zero attached hydrogens (tertiary/aromatic N) is 4. The van der Waals surface area contributed by atoms with Gasteiger partial charge in [0.15, 0.2) is 5.78 Å². The number of anilines is 2. The van der Waals surface area contributed by atoms with Gasteiger partial charge >= 0.3 is 0 Å². The third-order valence-corrected chi connectivity index (χ3v) is 7.79. The number of piperazine rings is 2. The van der Waals surface area contributed by atoms with Crippen molar-refractivity contribution in [2.45, 2.75) is 0 Å². The van der Waals surface area contributed by atoms with Crippen molar-refractivity contribution in [2.24, 2.45) is 0 Å². The van der Waals surface area contributed by atoms with E-state index in [2.05, 4.69) is 51.9 Å². The lowest BCUT2D eigenvalue weighted by Gasteiger charge is -2.35. The number of benzene rings is 3. The van der Waals surface area contributed by atoms with E-state index in [1.54, 1.807) is 13.2 Å². The quantitative estimate of drug-likeness (QED) is 0.321. The zero-order chi connectivity index (χ0) is 27.4. The van der Waals surface area contributed by atoms with E-state index >= 15 is 4.39 Å². The van der Waals surface area contributed by atoms with Crippen LogP contribution in [0.5, 0.6) is 5.75 Å². The number of likely N-dealkylation sites (N-methyl/N-ethyl adjacent to an activating group) is 2. The Labute approximate surface area is 230 Å². The van der Waals surface area contributed by atoms with E-state index in [0.29, 0.717) is 5.69 Å². The molecule has 7 heteroatoms. The minimum Gasteiger partial charge on any atom is -0.496 e. The Morgan fingerprint density at radius 3 is 2.10 bits per heavy atom. The Morgan fingerprint density at radius 2 is 1.44 bits per heavy atom. The van der Waals surface area contributed by atoms with Gasteiger partial charge in [-0.25, -0.2) is 4.39 Å². The van der Waals surface area contributed by atoms with Crippen molar-refractivity contribution < 1.29 is 13.9 Å². The second-order valence-electron chi connectivity index (χ2n) is 10.4. The maximum absolute atomic E-state index is 15.1. The van der Waals surface area contributed by atoms with Gasteiger partial charge in [-0.2, -0.15) is 0 Å². The van der Waals surface area contributed by atoms with Crippen LogP contribution in [0.2, 0.25) is 0 Å². The molecule has 0 unspecified atom stereocenters. The Balaban J connectivity index is 1.50. The van der Waals surface area contributed by atoms with Crippen LogP contribution in [0.15, 0.2) is 66.7 Å². The second kappa shape index (κ2) is 12.0. The van der Waals surface area contributed by atoms with Gasteiger partial charge in [-0.1, -0.05) is 30.3 Å². The Kier molecular flexibility index (Phi) is 8.29. The van der Waals surface area contributed by atoms with Crippen LogP contribution in [0.1, 0.15) is 15.9 Å². The van der Waals surface area contributed by atoms with Crippen molar-refractivity contribution in [2.75, 3.05) is 83.4 Å². The molecule has 39 heavy (non-hydrogen) atoms. The standard InChI is InChI=1S/C32H37FN4O2/c1-34-15-19-36(20-16-34)28-13-11-24(26-7-4-5-10-31(26)39-3)23-25(28)12-14-30(38)32-27(33)8-6-9-29(32)37-21-17-35(2)18-22-37/h4-14,23H,15-22H2,1-3H3. The zero-order valence-electron chi connectivity index (χ0n) is 23.1. The summed E-state index contributed by atoms with van der Waals surface area (Å²) in [5.41, 5.74) is 4.78. The van der Waals surface area contributed by atoms with Crippen LogP contribution in [0.3, 0.4) is 0 Å². The number of halogens is 1. The number of ketones is 1. The van der Waals surface area contributed by atoms with Crippen LogP contribution in [0.4, 0.5) is 15.8 Å². The highest BCUT2D eigenvalue weighted by molar-refractivity contribution is 6.11. The second-order valence-corrected chi connectivity index (χ2v) is 10.4. The number of methoxy groups -OCH3 is 1. The Bertz CT molecular complexity index is 1340. The number of ether oxygens (including phenoxy) is 1. The minimum absolute atomic E-state index is 0.139. The molecule has 0 aliphatic carbocycles. The van der Waals surface area contributed by atoms with E-state index < -0.39 is 5.82 Å². The van der Waals surface area contributed by atoms with E-state index in [-0.39, 0.29) is 11.3 Å². The predicted octanol–water partition coefficient (Wildman–Crippen LogP) is 4.90. The molecule has 0 atom stereocenters. The van der Waals surface area contributed by atoms with Crippen LogP contribution in [0, 0.1) is 5.82 Å². The van der Waals surface area contributed by atoms with Gasteiger partial charge in [0.05, 0.1) is 18.4 Å². The average molecular weight is 529 g/mol. The number of para-hydroxylation sites is 1. The van der Waals surface area contributed by atoms with Gasteiger partial charge in [-0.3, -0.25) is 4.79 Å². The number of hydrogen-bond acceptors (Lipinski definition) is 6. The molecule has 2 fully saturated rings. The summed E-state index contributed by atoms with van der Waals surface area (Å²) in [6, 6.07) is 19.2. The molecule has 0 bridgehead atoms. The predicted molar refractivity (Wildman–Crippen MR) is 158 cm³/mol. The molecule has 204 valence electrons. The first kappa shape index (κ1) is 26.9. The van der Waals surface area contributed by atoms with Gasteiger partial charge in [0.2, 0.25) is 0 Å². The van der Waals surface area contributed by atoms with Gasteiger partial charge in [-0.15, -0.1) is 0 Å². The minimum atomic E-state index is -0.483. The lowest BCUT2D eigenvalue weighted by molar-refractivity contribution is 0.104. The van der Waals surface area contributed by atoms with E-state index in [0.717, 1.165) is 80.5 Å². The molecule has 6 nitrogen and oxygen atoms in total. The molecule has 3 aromatic rings. The fourth-order valence-corrected chi connectivity index (χ4v) is 5.39. The summed E-state index contributed by atoms with van der Waals surface area (Å²) in [6.45, 7) is 7.03. The first-order valence-corrected chi connectivity index (χ1v) is 13.6. The van der Waals surface area contributed by atoms with Crippen molar-refractivity contribution in [3.8, 4) is 16.9 Å². The summed E-state index contributed by atoms with van der Waals surface area (Å²) in [5, 5.41) is 0. The third kappa shape index (κ3) is 6.00. The normalized spacial score (nSPS) is 17.1. The molecule has 0 N–H and O–H groups in total. The average Bonchev–Trinajstić information content (AvgIpc) is 2.96. The zero-order valence-corrected chi connectivity index (χ0v) is 23.1. The molecule has 2 aliphatic heterocycles. The van der Waals surface area contributed by atoms with Crippen molar-refractivity contribution >= 4 is 23.2 Å². The summed E-state index contributed by atoms with van der Waals surface area (Å²) in [5.74, 6) is -0.0174. The monoisotopic (exact) mass is 528 g/mol. The van der Waals surface area contributed by atoms with Gasteiger partial charge in [-0.05, 0) is 67.7 Å². The van der Waals surface area contributed by atoms with Crippen molar-refractivity contribution in [1.82, 2.24) is 9.80 Å². The Hall–Kier alpha value is -3.68. The Morgan fingerprint density at radius 1 is 0.795 bits per heavy atom. The smallest absolute Gasteiger partial charge is 0.190 e. The lowest BCUT2D eigenvalue weighted by Crippen LogP contribution is -2.45. The maximum Gasteiger partial charge on any atom is 0.190 e. The van der Waals surface area contributed by atoms with Crippen molar-refractivity contribution in [3.05, 3.63) is 83.7 Å². The van der Waals surface area contributed by atoms with Crippen LogP contribution in [0.25, 0.3) is 17.2 Å². The van der Waals surface area contributed by atoms with Gasteiger partial charge < -0.3 is 24.3 Å². The summed E-state index contributed by atoms with van der Waals surface area (Å²) >= 11 is 0. The maximum atomic E-state index is 15.1. The van der Waals surface area contributed by atoms with Gasteiger partial charge in [0.1, 0.15) is 11.6 Å². The number of carbonyl (C=O) groups excluding carboxylic acids is 1. The van der Waals surface area contributed by atoms with Crippen LogP contribution < -0.4 is 14.5 Å². The largest absolute Gasteiger partial charge is 0.496 e. The summed E-state index contributed by atoms with van der Waals surface area (Å²) in [6.07, 6.45) is 3.37. The molecule has 0 aromatic heterocycles.